The van der Waals surface area contributed by atoms with Gasteiger partial charge in [-0.05, 0) is 64.8 Å². The molecule has 8 heteroatoms. The quantitative estimate of drug-likeness (QED) is 0.393. The van der Waals surface area contributed by atoms with Gasteiger partial charge in [0.25, 0.3) is 5.91 Å². The molecule has 0 aliphatic rings. The Morgan fingerprint density at radius 2 is 2.08 bits per heavy atom. The van der Waals surface area contributed by atoms with Gasteiger partial charge < -0.3 is 9.84 Å². The predicted octanol–water partition coefficient (Wildman–Crippen LogP) is 4.45. The van der Waals surface area contributed by atoms with E-state index in [1.54, 1.807) is 31.2 Å². The maximum absolute atomic E-state index is 12.1. The summed E-state index contributed by atoms with van der Waals surface area (Å²) in [5.41, 5.74) is 3.17. The van der Waals surface area contributed by atoms with Crippen molar-refractivity contribution in [3.8, 4) is 11.5 Å². The number of phenolic OH excluding ortho intramolecular Hbond substituents is 1. The van der Waals surface area contributed by atoms with Gasteiger partial charge >= 0.3 is 0 Å². The van der Waals surface area contributed by atoms with Crippen molar-refractivity contribution in [2.75, 3.05) is 7.11 Å². The molecule has 1 atom stereocenters. The molecular formula is C17H16BrClN2O3S. The van der Waals surface area contributed by atoms with Crippen LogP contribution >= 0.6 is 39.3 Å². The standard InChI is InChI=1S/C17H16BrClN2O3S/c1-10(25-13-5-3-12(19)4-6-13)17(23)21-20-9-11-7-14(18)16(22)15(8-11)24-2/h3-10,22H,1-2H3,(H,21,23)/b20-9+/t10-/m0/s1. The zero-order chi connectivity index (χ0) is 18.4. The van der Waals surface area contributed by atoms with Crippen LogP contribution in [-0.4, -0.2) is 29.6 Å². The van der Waals surface area contributed by atoms with Crippen molar-refractivity contribution >= 4 is 51.4 Å². The molecule has 2 aromatic rings. The number of benzene rings is 2. The van der Waals surface area contributed by atoms with Crippen LogP contribution in [0, 0.1) is 0 Å². The van der Waals surface area contributed by atoms with Crippen LogP contribution < -0.4 is 10.2 Å². The van der Waals surface area contributed by atoms with Crippen molar-refractivity contribution < 1.29 is 14.6 Å². The van der Waals surface area contributed by atoms with Crippen LogP contribution in [0.5, 0.6) is 11.5 Å². The van der Waals surface area contributed by atoms with Gasteiger partial charge in [0.15, 0.2) is 11.5 Å². The van der Waals surface area contributed by atoms with E-state index in [1.807, 2.05) is 12.1 Å². The van der Waals surface area contributed by atoms with E-state index in [4.69, 9.17) is 16.3 Å². The summed E-state index contributed by atoms with van der Waals surface area (Å²) in [5.74, 6) is 0.103. The van der Waals surface area contributed by atoms with Crippen molar-refractivity contribution in [3.05, 3.63) is 51.5 Å². The van der Waals surface area contributed by atoms with Crippen LogP contribution in [0.15, 0.2) is 50.9 Å². The number of ether oxygens (including phenoxy) is 1. The van der Waals surface area contributed by atoms with Crippen molar-refractivity contribution in [3.63, 3.8) is 0 Å². The molecule has 0 aliphatic heterocycles. The number of rotatable bonds is 6. The van der Waals surface area contributed by atoms with Gasteiger partial charge in [-0.3, -0.25) is 4.79 Å². The fraction of sp³-hybridized carbons (Fsp3) is 0.176. The highest BCUT2D eigenvalue weighted by atomic mass is 79.9. The lowest BCUT2D eigenvalue weighted by Crippen LogP contribution is -2.26. The number of hydrogen-bond acceptors (Lipinski definition) is 5. The topological polar surface area (TPSA) is 70.9 Å². The first-order valence-electron chi connectivity index (χ1n) is 7.22. The molecule has 0 heterocycles. The van der Waals surface area contributed by atoms with Crippen molar-refractivity contribution in [2.45, 2.75) is 17.1 Å². The molecule has 0 aromatic heterocycles. The molecule has 25 heavy (non-hydrogen) atoms. The number of carbonyl (C=O) groups excluding carboxylic acids is 1. The fourth-order valence-corrected chi connectivity index (χ4v) is 3.30. The summed E-state index contributed by atoms with van der Waals surface area (Å²) < 4.78 is 5.54. The molecule has 0 aliphatic carbocycles. The Bertz CT molecular complexity index is 784. The molecule has 2 N–H and O–H groups in total. The molecule has 0 saturated heterocycles. The van der Waals surface area contributed by atoms with E-state index in [9.17, 15) is 9.90 Å². The van der Waals surface area contributed by atoms with Crippen molar-refractivity contribution in [2.24, 2.45) is 5.10 Å². The van der Waals surface area contributed by atoms with E-state index in [0.717, 1.165) is 4.90 Å². The minimum Gasteiger partial charge on any atom is -0.503 e. The summed E-state index contributed by atoms with van der Waals surface area (Å²) in [4.78, 5) is 13.1. The number of aromatic hydroxyl groups is 1. The fourth-order valence-electron chi connectivity index (χ4n) is 1.86. The second-order valence-corrected chi connectivity index (χ2v) is 7.71. The molecule has 0 bridgehead atoms. The van der Waals surface area contributed by atoms with Crippen LogP contribution in [0.4, 0.5) is 0 Å². The molecule has 0 saturated carbocycles. The summed E-state index contributed by atoms with van der Waals surface area (Å²) in [6.07, 6.45) is 1.48. The van der Waals surface area contributed by atoms with Gasteiger partial charge in [-0.2, -0.15) is 5.10 Å². The van der Waals surface area contributed by atoms with Gasteiger partial charge in [0.05, 0.1) is 23.0 Å². The third-order valence-corrected chi connectivity index (χ3v) is 5.12. The van der Waals surface area contributed by atoms with E-state index in [0.29, 0.717) is 20.8 Å². The molecule has 0 radical (unpaired) electrons. The molecule has 0 unspecified atom stereocenters. The molecule has 0 spiro atoms. The summed E-state index contributed by atoms with van der Waals surface area (Å²) in [6, 6.07) is 10.6. The molecule has 1 amide bonds. The Kier molecular flexibility index (Phi) is 7.16. The Labute approximate surface area is 163 Å². The number of carbonyl (C=O) groups is 1. The monoisotopic (exact) mass is 442 g/mol. The Morgan fingerprint density at radius 1 is 1.40 bits per heavy atom. The number of thioether (sulfide) groups is 1. The first kappa shape index (κ1) is 19.6. The maximum atomic E-state index is 12.1. The highest BCUT2D eigenvalue weighted by molar-refractivity contribution is 9.10. The molecule has 2 aromatic carbocycles. The number of hydrazone groups is 1. The SMILES string of the molecule is COc1cc(/C=N/NC(=O)[C@H](C)Sc2ccc(Cl)cc2)cc(Br)c1O. The van der Waals surface area contributed by atoms with E-state index < -0.39 is 0 Å². The van der Waals surface area contributed by atoms with Gasteiger partial charge in [-0.25, -0.2) is 5.43 Å². The zero-order valence-corrected chi connectivity index (χ0v) is 16.7. The third-order valence-electron chi connectivity index (χ3n) is 3.15. The Hall–Kier alpha value is -1.70. The van der Waals surface area contributed by atoms with Crippen LogP contribution in [0.2, 0.25) is 5.02 Å². The van der Waals surface area contributed by atoms with Gasteiger partial charge in [0.2, 0.25) is 0 Å². The number of halogens is 2. The number of methoxy groups -OCH3 is 1. The first-order chi connectivity index (χ1) is 11.9. The molecule has 5 nitrogen and oxygen atoms in total. The second kappa shape index (κ2) is 9.12. The number of nitrogens with zero attached hydrogens (tertiary/aromatic N) is 1. The highest BCUT2D eigenvalue weighted by Crippen LogP contribution is 2.34. The Balaban J connectivity index is 1.95. The van der Waals surface area contributed by atoms with Crippen LogP contribution in [0.1, 0.15) is 12.5 Å². The average molecular weight is 444 g/mol. The predicted molar refractivity (Wildman–Crippen MR) is 105 cm³/mol. The van der Waals surface area contributed by atoms with E-state index in [-0.39, 0.29) is 16.9 Å². The minimum atomic E-state index is -0.320. The van der Waals surface area contributed by atoms with Gasteiger partial charge in [0, 0.05) is 9.92 Å². The lowest BCUT2D eigenvalue weighted by atomic mass is 10.2. The lowest BCUT2D eigenvalue weighted by molar-refractivity contribution is -0.120. The number of amides is 1. The van der Waals surface area contributed by atoms with Gasteiger partial charge in [0.1, 0.15) is 0 Å². The highest BCUT2D eigenvalue weighted by Gasteiger charge is 2.13. The minimum absolute atomic E-state index is 0.0108. The van der Waals surface area contributed by atoms with Crippen LogP contribution in [0.3, 0.4) is 0 Å². The first-order valence-corrected chi connectivity index (χ1v) is 9.27. The smallest absolute Gasteiger partial charge is 0.253 e. The van der Waals surface area contributed by atoms with Crippen LogP contribution in [0.25, 0.3) is 0 Å². The molecule has 0 fully saturated rings. The van der Waals surface area contributed by atoms with Gasteiger partial charge in [-0.15, -0.1) is 11.8 Å². The van der Waals surface area contributed by atoms with E-state index in [1.165, 1.54) is 25.1 Å². The lowest BCUT2D eigenvalue weighted by Gasteiger charge is -2.09. The maximum Gasteiger partial charge on any atom is 0.253 e. The van der Waals surface area contributed by atoms with Crippen LogP contribution in [-0.2, 0) is 4.79 Å². The molecule has 2 rings (SSSR count). The largest absolute Gasteiger partial charge is 0.503 e. The third kappa shape index (κ3) is 5.66. The second-order valence-electron chi connectivity index (χ2n) is 5.00. The van der Waals surface area contributed by atoms with E-state index in [2.05, 4.69) is 26.5 Å². The summed E-state index contributed by atoms with van der Waals surface area (Å²) in [5, 5.41) is 14.1. The number of hydrogen-bond donors (Lipinski definition) is 2. The van der Waals surface area contributed by atoms with Crippen molar-refractivity contribution in [1.82, 2.24) is 5.43 Å². The number of nitrogens with one attached hydrogen (secondary N) is 1. The summed E-state index contributed by atoms with van der Waals surface area (Å²) in [7, 11) is 1.46. The Morgan fingerprint density at radius 3 is 2.72 bits per heavy atom. The number of phenols is 1. The normalized spacial score (nSPS) is 12.2. The van der Waals surface area contributed by atoms with E-state index >= 15 is 0 Å². The summed E-state index contributed by atoms with van der Waals surface area (Å²) in [6.45, 7) is 1.80. The molecule has 132 valence electrons. The average Bonchev–Trinajstić information content (AvgIpc) is 2.59. The molecular weight excluding hydrogens is 428 g/mol. The summed E-state index contributed by atoms with van der Waals surface area (Å²) >= 11 is 10.5. The van der Waals surface area contributed by atoms with Gasteiger partial charge in [-0.1, -0.05) is 11.6 Å². The van der Waals surface area contributed by atoms with Crippen molar-refractivity contribution in [1.29, 1.82) is 0 Å². The zero-order valence-electron chi connectivity index (χ0n) is 13.5.